The van der Waals surface area contributed by atoms with Crippen LogP contribution < -0.4 is 5.73 Å². The maximum Gasteiger partial charge on any atom is 0.224 e. The van der Waals surface area contributed by atoms with Gasteiger partial charge in [0, 0.05) is 25.6 Å². The highest BCUT2D eigenvalue weighted by molar-refractivity contribution is 5.85. The van der Waals surface area contributed by atoms with Crippen molar-refractivity contribution in [1.82, 2.24) is 4.90 Å². The van der Waals surface area contributed by atoms with Gasteiger partial charge in [0.25, 0.3) is 0 Å². The van der Waals surface area contributed by atoms with E-state index in [1.807, 2.05) is 6.07 Å². The molecule has 0 bridgehead atoms. The normalized spacial score (nSPS) is 14.8. The van der Waals surface area contributed by atoms with Crippen LogP contribution in [0.1, 0.15) is 37.7 Å². The molecule has 1 fully saturated rings. The summed E-state index contributed by atoms with van der Waals surface area (Å²) in [6.07, 6.45) is 6.24. The Morgan fingerprint density at radius 1 is 1.20 bits per heavy atom. The highest BCUT2D eigenvalue weighted by Crippen LogP contribution is 2.24. The van der Waals surface area contributed by atoms with Crippen LogP contribution in [-0.4, -0.2) is 29.9 Å². The molecule has 2 N–H and O–H groups in total. The van der Waals surface area contributed by atoms with Gasteiger partial charge < -0.3 is 10.6 Å². The van der Waals surface area contributed by atoms with Crippen molar-refractivity contribution in [2.75, 3.05) is 13.1 Å². The van der Waals surface area contributed by atoms with Gasteiger partial charge in [0.05, 0.1) is 0 Å². The summed E-state index contributed by atoms with van der Waals surface area (Å²) in [6, 6.07) is 10.8. The fourth-order valence-corrected chi connectivity index (χ4v) is 2.89. The van der Waals surface area contributed by atoms with Crippen molar-refractivity contribution in [3.8, 4) is 0 Å². The van der Waals surface area contributed by atoms with Crippen molar-refractivity contribution in [3.05, 3.63) is 35.9 Å². The van der Waals surface area contributed by atoms with Crippen LogP contribution in [0.25, 0.3) is 0 Å². The summed E-state index contributed by atoms with van der Waals surface area (Å²) in [7, 11) is 0. The largest absolute Gasteiger partial charge is 0.339 e. The molecule has 0 aromatic heterocycles. The molecular formula is C16H25ClN2O. The molecule has 1 aromatic carbocycles. The Bertz CT molecular complexity index is 391. The summed E-state index contributed by atoms with van der Waals surface area (Å²) in [5.74, 6) is 0.227. The molecule has 1 saturated carbocycles. The number of rotatable bonds is 6. The molecule has 1 aromatic rings. The second-order valence-corrected chi connectivity index (χ2v) is 5.30. The predicted octanol–water partition coefficient (Wildman–Crippen LogP) is 2.77. The molecule has 1 aliphatic rings. The molecule has 2 rings (SSSR count). The Balaban J connectivity index is 0.00000200. The zero-order chi connectivity index (χ0) is 13.5. The lowest BCUT2D eigenvalue weighted by atomic mass is 10.1. The van der Waals surface area contributed by atoms with Gasteiger partial charge >= 0.3 is 0 Å². The first-order valence-electron chi connectivity index (χ1n) is 7.34. The Labute approximate surface area is 127 Å². The first-order valence-corrected chi connectivity index (χ1v) is 7.34. The second-order valence-electron chi connectivity index (χ2n) is 5.30. The minimum absolute atomic E-state index is 0. The van der Waals surface area contributed by atoms with Gasteiger partial charge in [-0.3, -0.25) is 4.79 Å². The fraction of sp³-hybridized carbons (Fsp3) is 0.562. The molecule has 0 atom stereocenters. The lowest BCUT2D eigenvalue weighted by molar-refractivity contribution is -0.133. The van der Waals surface area contributed by atoms with Crippen LogP contribution in [0.4, 0.5) is 0 Å². The Morgan fingerprint density at radius 2 is 1.85 bits per heavy atom. The molecular weight excluding hydrogens is 272 g/mol. The summed E-state index contributed by atoms with van der Waals surface area (Å²) in [5.41, 5.74) is 6.82. The van der Waals surface area contributed by atoms with E-state index in [0.717, 1.165) is 25.8 Å². The van der Waals surface area contributed by atoms with E-state index in [1.54, 1.807) is 0 Å². The van der Waals surface area contributed by atoms with Crippen molar-refractivity contribution in [2.24, 2.45) is 5.73 Å². The molecule has 112 valence electrons. The van der Waals surface area contributed by atoms with Gasteiger partial charge in [-0.15, -0.1) is 12.4 Å². The summed E-state index contributed by atoms with van der Waals surface area (Å²) in [6.45, 7) is 1.28. The van der Waals surface area contributed by atoms with Gasteiger partial charge in [-0.05, 0) is 24.8 Å². The van der Waals surface area contributed by atoms with Gasteiger partial charge in [-0.1, -0.05) is 43.2 Å². The first-order chi connectivity index (χ1) is 9.31. The minimum Gasteiger partial charge on any atom is -0.339 e. The SMILES string of the molecule is Cl.NCCC(=O)N(CCc1ccccc1)C1CCCC1. The summed E-state index contributed by atoms with van der Waals surface area (Å²) >= 11 is 0. The summed E-state index contributed by atoms with van der Waals surface area (Å²) in [5, 5.41) is 0. The Kier molecular flexibility index (Phi) is 7.63. The van der Waals surface area contributed by atoms with Crippen LogP contribution in [0.3, 0.4) is 0 Å². The van der Waals surface area contributed by atoms with Crippen molar-refractivity contribution in [3.63, 3.8) is 0 Å². The van der Waals surface area contributed by atoms with Gasteiger partial charge in [0.2, 0.25) is 5.91 Å². The van der Waals surface area contributed by atoms with Gasteiger partial charge in [-0.2, -0.15) is 0 Å². The van der Waals surface area contributed by atoms with Crippen LogP contribution in [0, 0.1) is 0 Å². The molecule has 4 heteroatoms. The molecule has 3 nitrogen and oxygen atoms in total. The molecule has 20 heavy (non-hydrogen) atoms. The number of carbonyl (C=O) groups is 1. The third kappa shape index (κ3) is 4.80. The minimum atomic E-state index is 0. The smallest absolute Gasteiger partial charge is 0.224 e. The average molecular weight is 297 g/mol. The highest BCUT2D eigenvalue weighted by atomic mass is 35.5. The zero-order valence-corrected chi connectivity index (χ0v) is 12.8. The number of nitrogens with zero attached hydrogens (tertiary/aromatic N) is 1. The monoisotopic (exact) mass is 296 g/mol. The topological polar surface area (TPSA) is 46.3 Å². The van der Waals surface area contributed by atoms with E-state index in [4.69, 9.17) is 5.73 Å². The summed E-state index contributed by atoms with van der Waals surface area (Å²) < 4.78 is 0. The van der Waals surface area contributed by atoms with Crippen molar-refractivity contribution in [2.45, 2.75) is 44.6 Å². The van der Waals surface area contributed by atoms with E-state index in [9.17, 15) is 4.79 Å². The van der Waals surface area contributed by atoms with Gasteiger partial charge in [0.1, 0.15) is 0 Å². The zero-order valence-electron chi connectivity index (χ0n) is 12.0. The number of hydrogen-bond acceptors (Lipinski definition) is 2. The maximum absolute atomic E-state index is 12.2. The van der Waals surface area contributed by atoms with E-state index >= 15 is 0 Å². The number of nitrogens with two attached hydrogens (primary N) is 1. The van der Waals surface area contributed by atoms with E-state index in [-0.39, 0.29) is 18.3 Å². The first kappa shape index (κ1) is 17.0. The molecule has 1 amide bonds. The molecule has 0 radical (unpaired) electrons. The van der Waals surface area contributed by atoms with Crippen LogP contribution in [0.2, 0.25) is 0 Å². The third-order valence-corrected chi connectivity index (χ3v) is 3.93. The van der Waals surface area contributed by atoms with E-state index in [2.05, 4.69) is 29.2 Å². The lowest BCUT2D eigenvalue weighted by Crippen LogP contribution is -2.41. The molecule has 0 spiro atoms. The van der Waals surface area contributed by atoms with Crippen LogP contribution in [0.5, 0.6) is 0 Å². The molecule has 0 saturated heterocycles. The summed E-state index contributed by atoms with van der Waals surface area (Å²) in [4.78, 5) is 14.3. The second kappa shape index (κ2) is 8.98. The molecule has 0 aliphatic heterocycles. The van der Waals surface area contributed by atoms with Gasteiger partial charge in [0.15, 0.2) is 0 Å². The maximum atomic E-state index is 12.2. The Hall–Kier alpha value is -1.06. The van der Waals surface area contributed by atoms with Crippen LogP contribution >= 0.6 is 12.4 Å². The van der Waals surface area contributed by atoms with Crippen molar-refractivity contribution >= 4 is 18.3 Å². The number of hydrogen-bond donors (Lipinski definition) is 1. The number of amides is 1. The van der Waals surface area contributed by atoms with Crippen LogP contribution in [0.15, 0.2) is 30.3 Å². The van der Waals surface area contributed by atoms with Crippen LogP contribution in [-0.2, 0) is 11.2 Å². The number of carbonyl (C=O) groups excluding carboxylic acids is 1. The average Bonchev–Trinajstić information content (AvgIpc) is 2.94. The molecule has 1 aliphatic carbocycles. The molecule has 0 heterocycles. The highest BCUT2D eigenvalue weighted by Gasteiger charge is 2.25. The van der Waals surface area contributed by atoms with E-state index in [0.29, 0.717) is 19.0 Å². The lowest BCUT2D eigenvalue weighted by Gasteiger charge is -2.29. The van der Waals surface area contributed by atoms with Crippen molar-refractivity contribution in [1.29, 1.82) is 0 Å². The van der Waals surface area contributed by atoms with Gasteiger partial charge in [-0.25, -0.2) is 0 Å². The fourth-order valence-electron chi connectivity index (χ4n) is 2.89. The Morgan fingerprint density at radius 3 is 2.45 bits per heavy atom. The quantitative estimate of drug-likeness (QED) is 0.877. The van der Waals surface area contributed by atoms with E-state index in [1.165, 1.54) is 18.4 Å². The third-order valence-electron chi connectivity index (χ3n) is 3.93. The molecule has 0 unspecified atom stereocenters. The number of benzene rings is 1. The predicted molar refractivity (Wildman–Crippen MR) is 85.0 cm³/mol. The van der Waals surface area contributed by atoms with Crippen molar-refractivity contribution < 1.29 is 4.79 Å². The number of halogens is 1. The standard InChI is InChI=1S/C16H24N2O.ClH/c17-12-10-16(19)18(15-8-4-5-9-15)13-11-14-6-2-1-3-7-14;/h1-3,6-7,15H,4-5,8-13,17H2;1H. The van der Waals surface area contributed by atoms with E-state index < -0.39 is 0 Å².